The van der Waals surface area contributed by atoms with E-state index >= 15 is 0 Å². The second kappa shape index (κ2) is 11.7. The highest BCUT2D eigenvalue weighted by Crippen LogP contribution is 2.30. The first kappa shape index (κ1) is 27.6. The number of carbonyl (C=O) groups is 5. The number of fused-ring (bicyclic) bond motifs is 2. The van der Waals surface area contributed by atoms with Gasteiger partial charge in [-0.05, 0) is 73.5 Å². The molecular formula is C32H33N5O5. The number of piperidine rings is 2. The van der Waals surface area contributed by atoms with E-state index in [-0.39, 0.29) is 42.5 Å². The molecule has 42 heavy (non-hydrogen) atoms. The second-order valence-corrected chi connectivity index (χ2v) is 11.3. The number of nitrogens with zero attached hydrogens (tertiary/aromatic N) is 2. The first-order valence-electron chi connectivity index (χ1n) is 14.4. The molecule has 3 N–H and O–H groups in total. The molecule has 0 radical (unpaired) electrons. The van der Waals surface area contributed by atoms with E-state index in [0.717, 1.165) is 48.0 Å². The summed E-state index contributed by atoms with van der Waals surface area (Å²) in [6, 6.07) is 18.3. The zero-order valence-electron chi connectivity index (χ0n) is 23.2. The maximum absolute atomic E-state index is 12.9. The molecule has 3 aromatic rings. The van der Waals surface area contributed by atoms with Gasteiger partial charge in [0, 0.05) is 41.7 Å². The highest BCUT2D eigenvalue weighted by molar-refractivity contribution is 6.06. The van der Waals surface area contributed by atoms with Crippen molar-refractivity contribution in [3.05, 3.63) is 71.8 Å². The quantitative estimate of drug-likeness (QED) is 0.376. The van der Waals surface area contributed by atoms with Crippen molar-refractivity contribution >= 4 is 51.7 Å². The van der Waals surface area contributed by atoms with Gasteiger partial charge in [0.05, 0.1) is 6.54 Å². The molecule has 0 spiro atoms. The molecule has 2 saturated heterocycles. The Morgan fingerprint density at radius 1 is 0.881 bits per heavy atom. The number of hydrogen-bond acceptors (Lipinski definition) is 6. The van der Waals surface area contributed by atoms with Crippen LogP contribution in [0.4, 0.5) is 11.4 Å². The molecule has 10 heteroatoms. The third-order valence-corrected chi connectivity index (χ3v) is 8.42. The molecule has 0 aromatic heterocycles. The molecule has 5 amide bonds. The zero-order valence-corrected chi connectivity index (χ0v) is 23.2. The Balaban J connectivity index is 0.968. The topological polar surface area (TPSA) is 128 Å². The number of rotatable bonds is 7. The first-order valence-corrected chi connectivity index (χ1v) is 14.4. The molecule has 0 bridgehead atoms. The largest absolute Gasteiger partial charge is 0.326 e. The molecule has 3 aliphatic rings. The van der Waals surface area contributed by atoms with Gasteiger partial charge in [-0.25, -0.2) is 0 Å². The van der Waals surface area contributed by atoms with Gasteiger partial charge in [0.1, 0.15) is 6.04 Å². The lowest BCUT2D eigenvalue weighted by molar-refractivity contribution is -0.137. The lowest BCUT2D eigenvalue weighted by atomic mass is 9.93. The summed E-state index contributed by atoms with van der Waals surface area (Å²) < 4.78 is 0. The van der Waals surface area contributed by atoms with Gasteiger partial charge in [-0.3, -0.25) is 34.2 Å². The van der Waals surface area contributed by atoms with E-state index in [2.05, 4.69) is 20.9 Å². The summed E-state index contributed by atoms with van der Waals surface area (Å²) in [7, 11) is 0. The summed E-state index contributed by atoms with van der Waals surface area (Å²) in [5.41, 5.74) is 2.68. The fraction of sp³-hybridized carbons (Fsp3) is 0.344. The highest BCUT2D eigenvalue weighted by atomic mass is 16.2. The molecule has 2 fully saturated rings. The molecule has 3 heterocycles. The predicted octanol–water partition coefficient (Wildman–Crippen LogP) is 3.28. The van der Waals surface area contributed by atoms with E-state index in [0.29, 0.717) is 30.6 Å². The van der Waals surface area contributed by atoms with Crippen LogP contribution in [0.1, 0.15) is 48.0 Å². The molecule has 3 aromatic carbocycles. The zero-order chi connectivity index (χ0) is 29.2. The van der Waals surface area contributed by atoms with Gasteiger partial charge in [0.15, 0.2) is 0 Å². The molecule has 0 aliphatic carbocycles. The Hall–Kier alpha value is -4.57. The predicted molar refractivity (Wildman–Crippen MR) is 157 cm³/mol. The fourth-order valence-electron chi connectivity index (χ4n) is 6.20. The van der Waals surface area contributed by atoms with Crippen molar-refractivity contribution in [3.63, 3.8) is 0 Å². The minimum Gasteiger partial charge on any atom is -0.326 e. The third-order valence-electron chi connectivity index (χ3n) is 8.42. The van der Waals surface area contributed by atoms with Crippen molar-refractivity contribution in [2.24, 2.45) is 5.92 Å². The van der Waals surface area contributed by atoms with Crippen molar-refractivity contribution in [1.82, 2.24) is 15.1 Å². The van der Waals surface area contributed by atoms with Crippen molar-refractivity contribution in [1.29, 1.82) is 0 Å². The van der Waals surface area contributed by atoms with E-state index < -0.39 is 11.9 Å². The Kier molecular flexibility index (Phi) is 7.71. The molecule has 216 valence electrons. The number of likely N-dealkylation sites (tertiary alicyclic amines) is 1. The summed E-state index contributed by atoms with van der Waals surface area (Å²) in [6.07, 6.45) is 2.55. The van der Waals surface area contributed by atoms with Crippen molar-refractivity contribution < 1.29 is 24.0 Å². The molecular weight excluding hydrogens is 534 g/mol. The van der Waals surface area contributed by atoms with Crippen LogP contribution in [0.25, 0.3) is 10.8 Å². The van der Waals surface area contributed by atoms with Crippen LogP contribution in [-0.4, -0.2) is 65.0 Å². The van der Waals surface area contributed by atoms with Crippen LogP contribution in [0.15, 0.2) is 60.7 Å². The third kappa shape index (κ3) is 5.89. The minimum absolute atomic E-state index is 0.0474. The molecule has 1 unspecified atom stereocenters. The van der Waals surface area contributed by atoms with Crippen LogP contribution in [-0.2, 0) is 25.7 Å². The number of hydrogen-bond donors (Lipinski definition) is 3. The SMILES string of the molecule is O=C1CCC(N2Cc3cc(NC(=O)CC4CCN(CC(=O)Nc5cccc6ccccc56)CC4)ccc3C2=O)C(=O)N1. The lowest BCUT2D eigenvalue weighted by Gasteiger charge is -2.31. The van der Waals surface area contributed by atoms with Crippen LogP contribution >= 0.6 is 0 Å². The molecule has 10 nitrogen and oxygen atoms in total. The summed E-state index contributed by atoms with van der Waals surface area (Å²) >= 11 is 0. The number of carbonyl (C=O) groups excluding carboxylic acids is 5. The van der Waals surface area contributed by atoms with Gasteiger partial charge in [0.2, 0.25) is 23.6 Å². The van der Waals surface area contributed by atoms with Gasteiger partial charge < -0.3 is 15.5 Å². The standard InChI is InChI=1S/C32H33N5O5/c38-28-11-10-27(31(41)35-28)37-18-22-17-23(8-9-25(22)32(37)42)33-29(39)16-20-12-14-36(15-13-20)19-30(40)34-26-7-3-5-21-4-1-2-6-24(21)26/h1-9,17,20,27H,10-16,18-19H2,(H,33,39)(H,34,40)(H,35,38,41). The van der Waals surface area contributed by atoms with Gasteiger partial charge >= 0.3 is 0 Å². The fourth-order valence-corrected chi connectivity index (χ4v) is 6.20. The average Bonchev–Trinajstić information content (AvgIpc) is 3.29. The van der Waals surface area contributed by atoms with Gasteiger partial charge in [0.25, 0.3) is 5.91 Å². The Labute approximate surface area is 243 Å². The number of imide groups is 1. The van der Waals surface area contributed by atoms with E-state index in [4.69, 9.17) is 0 Å². The first-order chi connectivity index (χ1) is 20.3. The van der Waals surface area contributed by atoms with Crippen LogP contribution in [0.2, 0.25) is 0 Å². The van der Waals surface area contributed by atoms with Crippen LogP contribution < -0.4 is 16.0 Å². The van der Waals surface area contributed by atoms with Gasteiger partial charge in [-0.2, -0.15) is 0 Å². The summed E-state index contributed by atoms with van der Waals surface area (Å²) in [6.45, 7) is 2.07. The Morgan fingerprint density at radius 3 is 2.48 bits per heavy atom. The van der Waals surface area contributed by atoms with E-state index in [9.17, 15) is 24.0 Å². The second-order valence-electron chi connectivity index (χ2n) is 11.3. The monoisotopic (exact) mass is 567 g/mol. The number of benzene rings is 3. The van der Waals surface area contributed by atoms with E-state index in [1.165, 1.54) is 4.90 Å². The molecule has 6 rings (SSSR count). The van der Waals surface area contributed by atoms with Crippen LogP contribution in [0.3, 0.4) is 0 Å². The van der Waals surface area contributed by atoms with Gasteiger partial charge in [-0.15, -0.1) is 0 Å². The number of anilines is 2. The smallest absolute Gasteiger partial charge is 0.255 e. The van der Waals surface area contributed by atoms with E-state index in [1.54, 1.807) is 18.2 Å². The minimum atomic E-state index is -0.671. The maximum atomic E-state index is 12.9. The summed E-state index contributed by atoms with van der Waals surface area (Å²) in [4.78, 5) is 65.9. The van der Waals surface area contributed by atoms with E-state index in [1.807, 2.05) is 42.5 Å². The summed E-state index contributed by atoms with van der Waals surface area (Å²) in [5.74, 6) is -0.922. The normalized spacial score (nSPS) is 19.5. The highest BCUT2D eigenvalue weighted by Gasteiger charge is 2.39. The van der Waals surface area contributed by atoms with Crippen molar-refractivity contribution in [2.75, 3.05) is 30.3 Å². The number of amides is 5. The molecule has 1 atom stereocenters. The summed E-state index contributed by atoms with van der Waals surface area (Å²) in [5, 5.41) is 10.4. The van der Waals surface area contributed by atoms with Crippen LogP contribution in [0.5, 0.6) is 0 Å². The van der Waals surface area contributed by atoms with Crippen molar-refractivity contribution in [2.45, 2.75) is 44.7 Å². The Morgan fingerprint density at radius 2 is 1.67 bits per heavy atom. The van der Waals surface area contributed by atoms with Crippen LogP contribution in [0, 0.1) is 5.92 Å². The molecule has 3 aliphatic heterocycles. The van der Waals surface area contributed by atoms with Crippen molar-refractivity contribution in [3.8, 4) is 0 Å². The maximum Gasteiger partial charge on any atom is 0.255 e. The Bertz CT molecular complexity index is 1570. The lowest BCUT2D eigenvalue weighted by Crippen LogP contribution is -2.52. The number of nitrogens with one attached hydrogen (secondary N) is 3. The average molecular weight is 568 g/mol. The molecule has 0 saturated carbocycles. The van der Waals surface area contributed by atoms with Gasteiger partial charge in [-0.1, -0.05) is 36.4 Å².